The summed E-state index contributed by atoms with van der Waals surface area (Å²) in [7, 11) is 1.88. The monoisotopic (exact) mass is 320 g/mol. The zero-order valence-corrected chi connectivity index (χ0v) is 12.5. The van der Waals surface area contributed by atoms with Crippen molar-refractivity contribution >= 4 is 18.3 Å². The summed E-state index contributed by atoms with van der Waals surface area (Å²) in [5, 5.41) is 3.17. The van der Waals surface area contributed by atoms with Crippen molar-refractivity contribution in [2.45, 2.75) is 25.5 Å². The van der Waals surface area contributed by atoms with Crippen molar-refractivity contribution in [1.82, 2.24) is 10.2 Å². The van der Waals surface area contributed by atoms with Crippen LogP contribution in [0.15, 0.2) is 24.3 Å². The Balaban J connectivity index is 0.00000220. The van der Waals surface area contributed by atoms with Gasteiger partial charge in [0.25, 0.3) is 5.91 Å². The van der Waals surface area contributed by atoms with Crippen LogP contribution in [0.4, 0.5) is 8.78 Å². The Morgan fingerprint density at radius 1 is 1.38 bits per heavy atom. The normalized spacial score (nSPS) is 18.3. The molecule has 0 saturated carbocycles. The Kier molecular flexibility index (Phi) is 6.84. The molecule has 21 heavy (non-hydrogen) atoms. The van der Waals surface area contributed by atoms with Gasteiger partial charge in [-0.25, -0.2) is 0 Å². The minimum atomic E-state index is -2.85. The van der Waals surface area contributed by atoms with E-state index in [0.717, 1.165) is 19.4 Å². The summed E-state index contributed by atoms with van der Waals surface area (Å²) in [6.45, 7) is -1.45. The molecule has 1 N–H and O–H groups in total. The third-order valence-electron chi connectivity index (χ3n) is 3.44. The Labute approximate surface area is 128 Å². The van der Waals surface area contributed by atoms with E-state index in [1.165, 1.54) is 24.3 Å². The number of amides is 1. The Hall–Kier alpha value is -1.40. The van der Waals surface area contributed by atoms with Crippen molar-refractivity contribution in [3.05, 3.63) is 29.8 Å². The van der Waals surface area contributed by atoms with E-state index in [-0.39, 0.29) is 24.1 Å². The molecular formula is C14H19ClF2N2O2. The number of rotatable bonds is 4. The predicted octanol–water partition coefficient (Wildman–Crippen LogP) is 2.53. The molecule has 1 aliphatic rings. The van der Waals surface area contributed by atoms with Gasteiger partial charge in [0, 0.05) is 24.7 Å². The number of hydrogen-bond acceptors (Lipinski definition) is 3. The molecule has 1 atom stereocenters. The van der Waals surface area contributed by atoms with Gasteiger partial charge in [-0.05, 0) is 44.2 Å². The first-order valence-corrected chi connectivity index (χ1v) is 6.61. The fourth-order valence-electron chi connectivity index (χ4n) is 2.36. The zero-order chi connectivity index (χ0) is 14.5. The first-order valence-electron chi connectivity index (χ1n) is 6.61. The summed E-state index contributed by atoms with van der Waals surface area (Å²) in [5.41, 5.74) is 0.489. The maximum Gasteiger partial charge on any atom is 0.387 e. The van der Waals surface area contributed by atoms with Gasteiger partial charge in [-0.15, -0.1) is 12.4 Å². The topological polar surface area (TPSA) is 41.6 Å². The molecular weight excluding hydrogens is 302 g/mol. The lowest BCUT2D eigenvalue weighted by Gasteiger charge is -2.32. The molecule has 0 aliphatic carbocycles. The van der Waals surface area contributed by atoms with E-state index in [9.17, 15) is 13.6 Å². The largest absolute Gasteiger partial charge is 0.435 e. The minimum Gasteiger partial charge on any atom is -0.435 e. The smallest absolute Gasteiger partial charge is 0.387 e. The lowest BCUT2D eigenvalue weighted by Crippen LogP contribution is -2.46. The number of alkyl halides is 2. The molecule has 1 amide bonds. The molecule has 0 spiro atoms. The second-order valence-corrected chi connectivity index (χ2v) is 4.78. The van der Waals surface area contributed by atoms with E-state index in [1.54, 1.807) is 4.90 Å². The predicted molar refractivity (Wildman–Crippen MR) is 78.3 cm³/mol. The van der Waals surface area contributed by atoms with Crippen molar-refractivity contribution < 1.29 is 18.3 Å². The van der Waals surface area contributed by atoms with Crippen LogP contribution in [-0.4, -0.2) is 43.6 Å². The van der Waals surface area contributed by atoms with Gasteiger partial charge in [0.1, 0.15) is 5.75 Å². The first-order chi connectivity index (χ1) is 9.60. The average Bonchev–Trinajstić information content (AvgIpc) is 2.47. The summed E-state index contributed by atoms with van der Waals surface area (Å²) in [6, 6.07) is 6.12. The summed E-state index contributed by atoms with van der Waals surface area (Å²) in [5.74, 6) is -0.0168. The highest BCUT2D eigenvalue weighted by Crippen LogP contribution is 2.18. The van der Waals surface area contributed by atoms with E-state index < -0.39 is 6.61 Å². The van der Waals surface area contributed by atoms with Gasteiger partial charge in [-0.3, -0.25) is 4.79 Å². The Bertz CT molecular complexity index is 457. The van der Waals surface area contributed by atoms with E-state index in [4.69, 9.17) is 0 Å². The van der Waals surface area contributed by atoms with Gasteiger partial charge in [0.05, 0.1) is 0 Å². The Morgan fingerprint density at radius 2 is 2.05 bits per heavy atom. The fraction of sp³-hybridized carbons (Fsp3) is 0.500. The van der Waals surface area contributed by atoms with Crippen LogP contribution in [0.2, 0.25) is 0 Å². The highest BCUT2D eigenvalue weighted by Gasteiger charge is 2.23. The van der Waals surface area contributed by atoms with E-state index in [1.807, 2.05) is 7.05 Å². The van der Waals surface area contributed by atoms with Gasteiger partial charge in [0.2, 0.25) is 0 Å². The SMILES string of the molecule is CNC1CCCN(C(=O)c2ccc(OC(F)F)cc2)C1.Cl. The molecule has 2 rings (SSSR count). The summed E-state index contributed by atoms with van der Waals surface area (Å²) in [4.78, 5) is 14.1. The van der Waals surface area contributed by atoms with Gasteiger partial charge >= 0.3 is 6.61 Å². The van der Waals surface area contributed by atoms with Gasteiger partial charge in [-0.1, -0.05) is 0 Å². The van der Waals surface area contributed by atoms with Crippen molar-refractivity contribution in [1.29, 1.82) is 0 Å². The number of benzene rings is 1. The number of ether oxygens (including phenoxy) is 1. The van der Waals surface area contributed by atoms with Crippen LogP contribution in [0.25, 0.3) is 0 Å². The molecule has 1 aromatic rings. The molecule has 1 fully saturated rings. The van der Waals surface area contributed by atoms with Crippen LogP contribution in [0.5, 0.6) is 5.75 Å². The molecule has 1 aromatic carbocycles. The molecule has 0 bridgehead atoms. The van der Waals surface area contributed by atoms with E-state index >= 15 is 0 Å². The lowest BCUT2D eigenvalue weighted by molar-refractivity contribution is -0.0498. The second-order valence-electron chi connectivity index (χ2n) is 4.78. The lowest BCUT2D eigenvalue weighted by atomic mass is 10.0. The molecule has 1 unspecified atom stereocenters. The molecule has 118 valence electrons. The number of nitrogens with zero attached hydrogens (tertiary/aromatic N) is 1. The van der Waals surface area contributed by atoms with Gasteiger partial charge in [-0.2, -0.15) is 8.78 Å². The highest BCUT2D eigenvalue weighted by molar-refractivity contribution is 5.94. The number of piperidine rings is 1. The van der Waals surface area contributed by atoms with Crippen LogP contribution < -0.4 is 10.1 Å². The number of halogens is 3. The maximum absolute atomic E-state index is 12.3. The number of carbonyl (C=O) groups excluding carboxylic acids is 1. The standard InChI is InChI=1S/C14H18F2N2O2.ClH/c1-17-11-3-2-8-18(9-11)13(19)10-4-6-12(7-5-10)20-14(15)16;/h4-7,11,14,17H,2-3,8-9H2,1H3;1H. The molecule has 1 aliphatic heterocycles. The van der Waals surface area contributed by atoms with Crippen molar-refractivity contribution in [2.24, 2.45) is 0 Å². The van der Waals surface area contributed by atoms with Crippen LogP contribution in [0, 0.1) is 0 Å². The zero-order valence-electron chi connectivity index (χ0n) is 11.7. The molecule has 4 nitrogen and oxygen atoms in total. The summed E-state index contributed by atoms with van der Waals surface area (Å²) < 4.78 is 28.4. The Morgan fingerprint density at radius 3 is 2.62 bits per heavy atom. The van der Waals surface area contributed by atoms with Crippen molar-refractivity contribution in [3.63, 3.8) is 0 Å². The number of likely N-dealkylation sites (N-methyl/N-ethyl adjacent to an activating group) is 1. The summed E-state index contributed by atoms with van der Waals surface area (Å²) >= 11 is 0. The number of hydrogen-bond donors (Lipinski definition) is 1. The van der Waals surface area contributed by atoms with E-state index in [2.05, 4.69) is 10.1 Å². The molecule has 1 heterocycles. The van der Waals surface area contributed by atoms with Crippen LogP contribution in [0.3, 0.4) is 0 Å². The van der Waals surface area contributed by atoms with E-state index in [0.29, 0.717) is 18.2 Å². The molecule has 0 radical (unpaired) electrons. The maximum atomic E-state index is 12.3. The van der Waals surface area contributed by atoms with Crippen LogP contribution >= 0.6 is 12.4 Å². The number of likely N-dealkylation sites (tertiary alicyclic amines) is 1. The third-order valence-corrected chi connectivity index (χ3v) is 3.44. The fourth-order valence-corrected chi connectivity index (χ4v) is 2.36. The quantitative estimate of drug-likeness (QED) is 0.927. The third kappa shape index (κ3) is 4.82. The van der Waals surface area contributed by atoms with Gasteiger partial charge in [0.15, 0.2) is 0 Å². The second kappa shape index (κ2) is 8.14. The molecule has 7 heteroatoms. The molecule has 0 aromatic heterocycles. The van der Waals surface area contributed by atoms with Crippen molar-refractivity contribution in [3.8, 4) is 5.75 Å². The van der Waals surface area contributed by atoms with Crippen molar-refractivity contribution in [2.75, 3.05) is 20.1 Å². The van der Waals surface area contributed by atoms with Crippen LogP contribution in [0.1, 0.15) is 23.2 Å². The average molecular weight is 321 g/mol. The van der Waals surface area contributed by atoms with Crippen LogP contribution in [-0.2, 0) is 0 Å². The number of carbonyl (C=O) groups is 1. The molecule has 1 saturated heterocycles. The highest BCUT2D eigenvalue weighted by atomic mass is 35.5. The minimum absolute atomic E-state index is 0. The number of nitrogens with one attached hydrogen (secondary N) is 1. The van der Waals surface area contributed by atoms with Gasteiger partial charge < -0.3 is 15.0 Å². The summed E-state index contributed by atoms with van der Waals surface area (Å²) in [6.07, 6.45) is 2.02. The first kappa shape index (κ1) is 17.7.